The van der Waals surface area contributed by atoms with Gasteiger partial charge in [0.2, 0.25) is 0 Å². The van der Waals surface area contributed by atoms with Crippen molar-refractivity contribution < 1.29 is 14.4 Å². The van der Waals surface area contributed by atoms with Gasteiger partial charge in [0.15, 0.2) is 5.78 Å². The maximum atomic E-state index is 13.8. The number of carbonyl (C=O) groups is 2. The molecule has 2 atom stereocenters. The number of anilines is 1. The molecule has 2 aliphatic heterocycles. The maximum Gasteiger partial charge on any atom is 0.277 e. The van der Waals surface area contributed by atoms with Gasteiger partial charge in [0.25, 0.3) is 11.5 Å². The van der Waals surface area contributed by atoms with E-state index in [2.05, 4.69) is 10.5 Å². The lowest BCUT2D eigenvalue weighted by atomic mass is 9.74. The number of hydrogen-bond acceptors (Lipinski definition) is 4. The van der Waals surface area contributed by atoms with Crippen molar-refractivity contribution in [1.82, 2.24) is 0 Å². The molecule has 1 N–H and O–H groups in total. The number of aryl methyl sites for hydroxylation is 2. The summed E-state index contributed by atoms with van der Waals surface area (Å²) < 4.78 is 0. The van der Waals surface area contributed by atoms with Gasteiger partial charge in [-0.15, -0.1) is 0 Å². The van der Waals surface area contributed by atoms with Crippen LogP contribution >= 0.6 is 0 Å². The number of oxime groups is 1. The van der Waals surface area contributed by atoms with E-state index in [4.69, 9.17) is 4.84 Å². The SMILES string of the molecule is Cc1ccc(C(=O)[C@H]2C(c3ccc(C)cc3)=NO[C@@]23C(=O)Nc2ccccc23)cc1. The highest BCUT2D eigenvalue weighted by molar-refractivity contribution is 6.24. The summed E-state index contributed by atoms with van der Waals surface area (Å²) in [7, 11) is 0. The van der Waals surface area contributed by atoms with Crippen LogP contribution in [-0.4, -0.2) is 17.4 Å². The molecule has 5 rings (SSSR count). The van der Waals surface area contributed by atoms with Gasteiger partial charge in [-0.05, 0) is 19.9 Å². The normalized spacial score (nSPS) is 21.7. The minimum Gasteiger partial charge on any atom is -0.373 e. The molecule has 148 valence electrons. The molecule has 2 heterocycles. The summed E-state index contributed by atoms with van der Waals surface area (Å²) in [4.78, 5) is 32.9. The summed E-state index contributed by atoms with van der Waals surface area (Å²) in [5.41, 5.74) is 3.66. The lowest BCUT2D eigenvalue weighted by Crippen LogP contribution is -2.46. The smallest absolute Gasteiger partial charge is 0.277 e. The minimum atomic E-state index is -1.52. The van der Waals surface area contributed by atoms with Crippen molar-refractivity contribution in [2.75, 3.05) is 5.32 Å². The molecular weight excluding hydrogens is 376 g/mol. The highest BCUT2D eigenvalue weighted by Gasteiger charge is 2.63. The fraction of sp³-hybridized carbons (Fsp3) is 0.160. The summed E-state index contributed by atoms with van der Waals surface area (Å²) in [5.74, 6) is -1.47. The summed E-state index contributed by atoms with van der Waals surface area (Å²) in [5, 5.41) is 7.17. The van der Waals surface area contributed by atoms with Gasteiger partial charge in [-0.25, -0.2) is 0 Å². The average Bonchev–Trinajstić information content (AvgIpc) is 3.28. The van der Waals surface area contributed by atoms with Crippen LogP contribution < -0.4 is 5.32 Å². The summed E-state index contributed by atoms with van der Waals surface area (Å²) in [6.45, 7) is 3.96. The van der Waals surface area contributed by atoms with E-state index in [0.29, 0.717) is 22.5 Å². The molecule has 3 aromatic carbocycles. The first-order chi connectivity index (χ1) is 14.5. The zero-order valence-corrected chi connectivity index (χ0v) is 16.7. The fourth-order valence-electron chi connectivity index (χ4n) is 4.19. The molecule has 0 aromatic heterocycles. The van der Waals surface area contributed by atoms with Crippen LogP contribution in [-0.2, 0) is 15.2 Å². The van der Waals surface area contributed by atoms with E-state index in [9.17, 15) is 9.59 Å². The average molecular weight is 396 g/mol. The van der Waals surface area contributed by atoms with Gasteiger partial charge < -0.3 is 10.2 Å². The van der Waals surface area contributed by atoms with Gasteiger partial charge >= 0.3 is 0 Å². The van der Waals surface area contributed by atoms with E-state index in [1.54, 1.807) is 12.1 Å². The van der Waals surface area contributed by atoms with Crippen LogP contribution in [0.5, 0.6) is 0 Å². The lowest BCUT2D eigenvalue weighted by molar-refractivity contribution is -0.140. The first kappa shape index (κ1) is 18.3. The van der Waals surface area contributed by atoms with E-state index in [1.807, 2.05) is 74.5 Å². The Bertz CT molecular complexity index is 1200. The van der Waals surface area contributed by atoms with Crippen molar-refractivity contribution >= 4 is 23.1 Å². The van der Waals surface area contributed by atoms with Crippen molar-refractivity contribution in [3.63, 3.8) is 0 Å². The molecule has 2 aliphatic rings. The molecule has 30 heavy (non-hydrogen) atoms. The van der Waals surface area contributed by atoms with E-state index in [-0.39, 0.29) is 11.7 Å². The predicted octanol–water partition coefficient (Wildman–Crippen LogP) is 4.38. The number of carbonyl (C=O) groups excluding carboxylic acids is 2. The molecule has 0 bridgehead atoms. The van der Waals surface area contributed by atoms with Crippen LogP contribution in [0.15, 0.2) is 78.0 Å². The molecule has 0 saturated carbocycles. The van der Waals surface area contributed by atoms with E-state index in [0.717, 1.165) is 16.7 Å². The van der Waals surface area contributed by atoms with Crippen LogP contribution in [0.1, 0.15) is 32.6 Å². The second-order valence-corrected chi connectivity index (χ2v) is 7.83. The highest BCUT2D eigenvalue weighted by atomic mass is 16.7. The molecule has 0 saturated heterocycles. The molecule has 5 nitrogen and oxygen atoms in total. The Kier molecular flexibility index (Phi) is 4.07. The zero-order valence-electron chi connectivity index (χ0n) is 16.7. The third kappa shape index (κ3) is 2.59. The molecule has 5 heteroatoms. The lowest BCUT2D eigenvalue weighted by Gasteiger charge is -2.26. The van der Waals surface area contributed by atoms with Gasteiger partial charge in [0.1, 0.15) is 11.6 Å². The number of Topliss-reactive ketones (excluding diaryl/α,β-unsaturated/α-hetero) is 1. The van der Waals surface area contributed by atoms with Gasteiger partial charge in [0, 0.05) is 22.4 Å². The monoisotopic (exact) mass is 396 g/mol. The van der Waals surface area contributed by atoms with Crippen molar-refractivity contribution in [3.8, 4) is 0 Å². The summed E-state index contributed by atoms with van der Waals surface area (Å²) in [6, 6.07) is 22.4. The number of fused-ring (bicyclic) bond motifs is 2. The Labute approximate surface area is 174 Å². The second-order valence-electron chi connectivity index (χ2n) is 7.83. The first-order valence-corrected chi connectivity index (χ1v) is 9.85. The molecule has 1 spiro atoms. The van der Waals surface area contributed by atoms with Crippen molar-refractivity contribution in [2.45, 2.75) is 19.4 Å². The molecule has 3 aromatic rings. The molecular formula is C25H20N2O3. The van der Waals surface area contributed by atoms with E-state index >= 15 is 0 Å². The molecule has 0 radical (unpaired) electrons. The van der Waals surface area contributed by atoms with Crippen LogP contribution in [0.25, 0.3) is 0 Å². The van der Waals surface area contributed by atoms with Crippen LogP contribution in [0.4, 0.5) is 5.69 Å². The van der Waals surface area contributed by atoms with Gasteiger partial charge in [0.05, 0.1) is 0 Å². The number of rotatable bonds is 3. The Morgan fingerprint density at radius 3 is 2.27 bits per heavy atom. The summed E-state index contributed by atoms with van der Waals surface area (Å²) >= 11 is 0. The van der Waals surface area contributed by atoms with Crippen LogP contribution in [0, 0.1) is 19.8 Å². The van der Waals surface area contributed by atoms with Crippen molar-refractivity contribution in [2.24, 2.45) is 11.1 Å². The Hall–Kier alpha value is -3.73. The Morgan fingerprint density at radius 2 is 1.57 bits per heavy atom. The standard InChI is InChI=1S/C25H20N2O3/c1-15-7-11-17(12-8-15)22-21(23(28)18-13-9-16(2)10-14-18)25(30-27-22)19-5-3-4-6-20(19)26-24(25)29/h3-14,21H,1-2H3,(H,26,29)/t21-,25-/m1/s1. The van der Waals surface area contributed by atoms with Crippen LogP contribution in [0.2, 0.25) is 0 Å². The Balaban J connectivity index is 1.69. The van der Waals surface area contributed by atoms with Crippen LogP contribution in [0.3, 0.4) is 0 Å². The minimum absolute atomic E-state index is 0.196. The van der Waals surface area contributed by atoms with Gasteiger partial charge in [-0.3, -0.25) is 9.59 Å². The van der Waals surface area contributed by atoms with E-state index < -0.39 is 11.5 Å². The largest absolute Gasteiger partial charge is 0.373 e. The topological polar surface area (TPSA) is 67.8 Å². The third-order valence-corrected chi connectivity index (χ3v) is 5.83. The number of ketones is 1. The fourth-order valence-corrected chi connectivity index (χ4v) is 4.19. The Morgan fingerprint density at radius 1 is 0.933 bits per heavy atom. The third-order valence-electron chi connectivity index (χ3n) is 5.83. The highest BCUT2D eigenvalue weighted by Crippen LogP contribution is 2.49. The zero-order chi connectivity index (χ0) is 20.9. The molecule has 1 amide bonds. The number of amides is 1. The second kappa shape index (κ2) is 6.66. The number of nitrogens with zero attached hydrogens (tertiary/aromatic N) is 1. The molecule has 0 aliphatic carbocycles. The summed E-state index contributed by atoms with van der Waals surface area (Å²) in [6.07, 6.45) is 0. The quantitative estimate of drug-likeness (QED) is 0.668. The van der Waals surface area contributed by atoms with Gasteiger partial charge in [-0.1, -0.05) is 83.0 Å². The van der Waals surface area contributed by atoms with Gasteiger partial charge in [-0.2, -0.15) is 0 Å². The maximum absolute atomic E-state index is 13.8. The van der Waals surface area contributed by atoms with Crippen molar-refractivity contribution in [3.05, 3.63) is 101 Å². The van der Waals surface area contributed by atoms with Crippen molar-refractivity contribution in [1.29, 1.82) is 0 Å². The molecule has 0 fully saturated rings. The number of benzene rings is 3. The number of hydrogen-bond donors (Lipinski definition) is 1. The number of para-hydroxylation sites is 1. The molecule has 0 unspecified atom stereocenters. The van der Waals surface area contributed by atoms with E-state index in [1.165, 1.54) is 0 Å². The predicted molar refractivity (Wildman–Crippen MR) is 115 cm³/mol. The number of nitrogens with one attached hydrogen (secondary N) is 1. The first-order valence-electron chi connectivity index (χ1n) is 9.85.